The second kappa shape index (κ2) is 6.51. The molecule has 2 rings (SSSR count). The SMILES string of the molecule is CSc1cccc(NS(=O)(=O)c2ccc(C)c(CO)c2)c1. The average molecular weight is 323 g/mol. The van der Waals surface area contributed by atoms with Crippen LogP contribution in [-0.4, -0.2) is 19.8 Å². The molecule has 0 spiro atoms. The van der Waals surface area contributed by atoms with Crippen LogP contribution < -0.4 is 4.72 Å². The number of rotatable bonds is 5. The van der Waals surface area contributed by atoms with Crippen LogP contribution in [0.4, 0.5) is 5.69 Å². The molecule has 0 aliphatic carbocycles. The molecule has 2 aromatic carbocycles. The van der Waals surface area contributed by atoms with Crippen LogP contribution in [0.2, 0.25) is 0 Å². The predicted molar refractivity (Wildman–Crippen MR) is 86.1 cm³/mol. The van der Waals surface area contributed by atoms with E-state index < -0.39 is 10.0 Å². The van der Waals surface area contributed by atoms with Crippen LogP contribution in [0.15, 0.2) is 52.3 Å². The van der Waals surface area contributed by atoms with Gasteiger partial charge in [0.05, 0.1) is 11.5 Å². The van der Waals surface area contributed by atoms with Crippen LogP contribution in [0.5, 0.6) is 0 Å². The van der Waals surface area contributed by atoms with Crippen molar-refractivity contribution in [2.75, 3.05) is 11.0 Å². The highest BCUT2D eigenvalue weighted by Crippen LogP contribution is 2.23. The fraction of sp³-hybridized carbons (Fsp3) is 0.200. The number of benzene rings is 2. The van der Waals surface area contributed by atoms with Gasteiger partial charge in [0.25, 0.3) is 10.0 Å². The van der Waals surface area contributed by atoms with Gasteiger partial charge in [-0.15, -0.1) is 11.8 Å². The summed E-state index contributed by atoms with van der Waals surface area (Å²) in [5, 5.41) is 9.25. The molecule has 2 aromatic rings. The number of aliphatic hydroxyl groups excluding tert-OH is 1. The van der Waals surface area contributed by atoms with Gasteiger partial charge in [0.1, 0.15) is 0 Å². The smallest absolute Gasteiger partial charge is 0.261 e. The van der Waals surface area contributed by atoms with Crippen molar-refractivity contribution >= 4 is 27.5 Å². The van der Waals surface area contributed by atoms with E-state index in [2.05, 4.69) is 4.72 Å². The molecular weight excluding hydrogens is 306 g/mol. The van der Waals surface area contributed by atoms with Crippen molar-refractivity contribution in [2.24, 2.45) is 0 Å². The van der Waals surface area contributed by atoms with Crippen molar-refractivity contribution in [3.63, 3.8) is 0 Å². The number of aryl methyl sites for hydroxylation is 1. The van der Waals surface area contributed by atoms with E-state index in [-0.39, 0.29) is 11.5 Å². The van der Waals surface area contributed by atoms with Crippen LogP contribution in [0.25, 0.3) is 0 Å². The molecule has 2 N–H and O–H groups in total. The summed E-state index contributed by atoms with van der Waals surface area (Å²) in [5.74, 6) is 0. The maximum absolute atomic E-state index is 12.4. The summed E-state index contributed by atoms with van der Waals surface area (Å²) in [6, 6.07) is 11.9. The standard InChI is InChI=1S/C15H17NO3S2/c1-11-6-7-15(8-12(11)10-17)21(18,19)16-13-4-3-5-14(9-13)20-2/h3-9,16-17H,10H2,1-2H3. The van der Waals surface area contributed by atoms with Crippen LogP contribution in [-0.2, 0) is 16.6 Å². The number of aliphatic hydroxyl groups is 1. The first-order valence-corrected chi connectivity index (χ1v) is 9.04. The van der Waals surface area contributed by atoms with E-state index in [1.165, 1.54) is 12.1 Å². The van der Waals surface area contributed by atoms with Gasteiger partial charge in [0, 0.05) is 10.6 Å². The normalized spacial score (nSPS) is 11.4. The van der Waals surface area contributed by atoms with Gasteiger partial charge < -0.3 is 5.11 Å². The molecule has 4 nitrogen and oxygen atoms in total. The monoisotopic (exact) mass is 323 g/mol. The summed E-state index contributed by atoms with van der Waals surface area (Å²) in [5.41, 5.74) is 1.99. The number of hydrogen-bond acceptors (Lipinski definition) is 4. The lowest BCUT2D eigenvalue weighted by atomic mass is 10.1. The Morgan fingerprint density at radius 2 is 1.95 bits per heavy atom. The molecule has 0 saturated heterocycles. The zero-order valence-electron chi connectivity index (χ0n) is 11.8. The molecule has 0 radical (unpaired) electrons. The maximum atomic E-state index is 12.4. The topological polar surface area (TPSA) is 66.4 Å². The van der Waals surface area contributed by atoms with E-state index in [4.69, 9.17) is 0 Å². The van der Waals surface area contributed by atoms with Crippen molar-refractivity contribution in [3.05, 3.63) is 53.6 Å². The molecule has 21 heavy (non-hydrogen) atoms. The lowest BCUT2D eigenvalue weighted by molar-refractivity contribution is 0.281. The Bertz CT molecular complexity index is 742. The largest absolute Gasteiger partial charge is 0.392 e. The molecule has 0 amide bonds. The van der Waals surface area contributed by atoms with E-state index in [1.807, 2.05) is 19.2 Å². The molecular formula is C15H17NO3S2. The van der Waals surface area contributed by atoms with Gasteiger partial charge in [-0.2, -0.15) is 0 Å². The molecule has 0 aromatic heterocycles. The summed E-state index contributed by atoms with van der Waals surface area (Å²) in [4.78, 5) is 1.13. The van der Waals surface area contributed by atoms with Crippen molar-refractivity contribution in [1.29, 1.82) is 0 Å². The van der Waals surface area contributed by atoms with Gasteiger partial charge in [-0.3, -0.25) is 4.72 Å². The Morgan fingerprint density at radius 3 is 2.62 bits per heavy atom. The van der Waals surface area contributed by atoms with Crippen LogP contribution >= 0.6 is 11.8 Å². The van der Waals surface area contributed by atoms with Crippen LogP contribution in [0, 0.1) is 6.92 Å². The zero-order chi connectivity index (χ0) is 15.5. The molecule has 0 atom stereocenters. The van der Waals surface area contributed by atoms with Gasteiger partial charge >= 0.3 is 0 Å². The highest BCUT2D eigenvalue weighted by molar-refractivity contribution is 7.98. The third-order valence-corrected chi connectivity index (χ3v) is 5.23. The number of hydrogen-bond donors (Lipinski definition) is 2. The highest BCUT2D eigenvalue weighted by Gasteiger charge is 2.15. The second-order valence-corrected chi connectivity index (χ2v) is 7.15. The number of thioether (sulfide) groups is 1. The summed E-state index contributed by atoms with van der Waals surface area (Å²) >= 11 is 1.54. The third-order valence-electron chi connectivity index (χ3n) is 3.12. The Kier molecular flexibility index (Phi) is 4.92. The quantitative estimate of drug-likeness (QED) is 0.830. The van der Waals surface area contributed by atoms with Crippen molar-refractivity contribution in [1.82, 2.24) is 0 Å². The van der Waals surface area contributed by atoms with E-state index in [9.17, 15) is 13.5 Å². The van der Waals surface area contributed by atoms with Crippen molar-refractivity contribution in [3.8, 4) is 0 Å². The zero-order valence-corrected chi connectivity index (χ0v) is 13.5. The van der Waals surface area contributed by atoms with Gasteiger partial charge in [0.15, 0.2) is 0 Å². The number of sulfonamides is 1. The first kappa shape index (κ1) is 15.9. The predicted octanol–water partition coefficient (Wildman–Crippen LogP) is 3.01. The lowest BCUT2D eigenvalue weighted by Gasteiger charge is -2.11. The Labute approximate surface area is 129 Å². The third kappa shape index (κ3) is 3.78. The molecule has 0 aliphatic heterocycles. The molecule has 0 bridgehead atoms. The minimum Gasteiger partial charge on any atom is -0.392 e. The molecule has 0 saturated carbocycles. The summed E-state index contributed by atoms with van der Waals surface area (Å²) < 4.78 is 27.3. The van der Waals surface area contributed by atoms with Gasteiger partial charge in [-0.05, 0) is 54.6 Å². The van der Waals surface area contributed by atoms with E-state index >= 15 is 0 Å². The first-order valence-electron chi connectivity index (χ1n) is 6.33. The van der Waals surface area contributed by atoms with Crippen molar-refractivity contribution < 1.29 is 13.5 Å². The van der Waals surface area contributed by atoms with Crippen molar-refractivity contribution in [2.45, 2.75) is 23.3 Å². The van der Waals surface area contributed by atoms with Crippen LogP contribution in [0.3, 0.4) is 0 Å². The summed E-state index contributed by atoms with van der Waals surface area (Å²) in [6.45, 7) is 1.65. The molecule has 6 heteroatoms. The van der Waals surface area contributed by atoms with Gasteiger partial charge in [0.2, 0.25) is 0 Å². The number of nitrogens with one attached hydrogen (secondary N) is 1. The minimum absolute atomic E-state index is 0.145. The molecule has 0 heterocycles. The Hall–Kier alpha value is -1.50. The fourth-order valence-corrected chi connectivity index (χ4v) is 3.45. The second-order valence-electron chi connectivity index (χ2n) is 4.58. The molecule has 0 fully saturated rings. The molecule has 0 unspecified atom stereocenters. The lowest BCUT2D eigenvalue weighted by Crippen LogP contribution is -2.13. The van der Waals surface area contributed by atoms with Crippen LogP contribution in [0.1, 0.15) is 11.1 Å². The summed E-state index contributed by atoms with van der Waals surface area (Å²) in [7, 11) is -3.66. The fourth-order valence-electron chi connectivity index (χ4n) is 1.89. The average Bonchev–Trinajstić information content (AvgIpc) is 2.47. The first-order chi connectivity index (χ1) is 9.96. The Morgan fingerprint density at radius 1 is 1.19 bits per heavy atom. The van der Waals surface area contributed by atoms with Gasteiger partial charge in [-0.25, -0.2) is 8.42 Å². The maximum Gasteiger partial charge on any atom is 0.261 e. The van der Waals surface area contributed by atoms with E-state index in [1.54, 1.807) is 36.0 Å². The molecule has 112 valence electrons. The minimum atomic E-state index is -3.66. The van der Waals surface area contributed by atoms with E-state index in [0.29, 0.717) is 11.3 Å². The molecule has 0 aliphatic rings. The van der Waals surface area contributed by atoms with Gasteiger partial charge in [-0.1, -0.05) is 12.1 Å². The highest BCUT2D eigenvalue weighted by atomic mass is 32.2. The Balaban J connectivity index is 2.33. The summed E-state index contributed by atoms with van der Waals surface area (Å²) in [6.07, 6.45) is 1.93. The van der Waals surface area contributed by atoms with E-state index in [0.717, 1.165) is 10.5 Å². The number of anilines is 1.